The van der Waals surface area contributed by atoms with Gasteiger partial charge in [-0.2, -0.15) is 0 Å². The number of nitrogen functional groups attached to an aromatic ring is 1. The van der Waals surface area contributed by atoms with Gasteiger partial charge in [0, 0.05) is 28.8 Å². The van der Waals surface area contributed by atoms with Gasteiger partial charge in [0.1, 0.15) is 5.84 Å². The summed E-state index contributed by atoms with van der Waals surface area (Å²) in [6, 6.07) is 6.05. The van der Waals surface area contributed by atoms with E-state index in [1.165, 1.54) is 12.1 Å². The molecule has 3 N–H and O–H groups in total. The Balaban J connectivity index is 2.16. The molecule has 2 rings (SSSR count). The lowest BCUT2D eigenvalue weighted by Gasteiger charge is -2.21. The second-order valence-corrected chi connectivity index (χ2v) is 6.17. The van der Waals surface area contributed by atoms with Gasteiger partial charge < -0.3 is 10.6 Å². The highest BCUT2D eigenvalue weighted by molar-refractivity contribution is 9.10. The minimum absolute atomic E-state index is 0.106. The second kappa shape index (κ2) is 5.31. The quantitative estimate of drug-likeness (QED) is 0.665. The normalized spacial score (nSPS) is 19.6. The van der Waals surface area contributed by atoms with Crippen molar-refractivity contribution in [1.29, 1.82) is 5.41 Å². The Bertz CT molecular complexity index is 456. The highest BCUT2D eigenvalue weighted by Crippen LogP contribution is 2.30. The van der Waals surface area contributed by atoms with Crippen LogP contribution in [0, 0.1) is 17.2 Å². The maximum atomic E-state index is 7.48. The van der Waals surface area contributed by atoms with Crippen molar-refractivity contribution in [2.24, 2.45) is 17.6 Å². The molecule has 0 spiro atoms. The molecule has 1 aromatic rings. The van der Waals surface area contributed by atoms with Gasteiger partial charge in [-0.1, -0.05) is 13.8 Å². The van der Waals surface area contributed by atoms with Gasteiger partial charge in [0.05, 0.1) is 0 Å². The van der Waals surface area contributed by atoms with Crippen molar-refractivity contribution >= 4 is 27.5 Å². The molecule has 1 aliphatic heterocycles. The maximum Gasteiger partial charge on any atom is 0.123 e. The van der Waals surface area contributed by atoms with Crippen LogP contribution in [0.5, 0.6) is 0 Å². The summed E-state index contributed by atoms with van der Waals surface area (Å²) in [5.74, 6) is 1.64. The monoisotopic (exact) mass is 309 g/mol. The minimum atomic E-state index is 0.106. The highest BCUT2D eigenvalue weighted by Gasteiger charge is 2.25. The molecule has 0 radical (unpaired) electrons. The lowest BCUT2D eigenvalue weighted by molar-refractivity contribution is 0.423. The Labute approximate surface area is 117 Å². The summed E-state index contributed by atoms with van der Waals surface area (Å²) in [5.41, 5.74) is 7.50. The molecule has 0 aromatic heterocycles. The van der Waals surface area contributed by atoms with Crippen LogP contribution in [0.3, 0.4) is 0 Å². The molecule has 1 aromatic carbocycles. The molecular weight excluding hydrogens is 290 g/mol. The number of halogens is 1. The number of rotatable bonds is 3. The van der Waals surface area contributed by atoms with E-state index in [0.29, 0.717) is 0 Å². The van der Waals surface area contributed by atoms with Gasteiger partial charge in [-0.25, -0.2) is 0 Å². The zero-order chi connectivity index (χ0) is 13.3. The fourth-order valence-corrected chi connectivity index (χ4v) is 3.07. The average molecular weight is 310 g/mol. The lowest BCUT2D eigenvalue weighted by atomic mass is 9.95. The van der Waals surface area contributed by atoms with E-state index >= 15 is 0 Å². The van der Waals surface area contributed by atoms with Crippen LogP contribution in [0.2, 0.25) is 0 Å². The standard InChI is InChI=1S/C14H20BrN3/c1-9(2)10-5-6-18(8-10)11-3-4-12(14(16)17)13(15)7-11/h3-4,7,9-10H,5-6,8H2,1-2H3,(H3,16,17). The number of nitrogens with one attached hydrogen (secondary N) is 1. The second-order valence-electron chi connectivity index (χ2n) is 5.32. The molecule has 1 atom stereocenters. The maximum absolute atomic E-state index is 7.48. The topological polar surface area (TPSA) is 53.1 Å². The third-order valence-electron chi connectivity index (χ3n) is 3.78. The van der Waals surface area contributed by atoms with Crippen molar-refractivity contribution in [3.05, 3.63) is 28.2 Å². The molecule has 1 unspecified atom stereocenters. The van der Waals surface area contributed by atoms with Gasteiger partial charge in [0.25, 0.3) is 0 Å². The summed E-state index contributed by atoms with van der Waals surface area (Å²) in [4.78, 5) is 2.42. The number of anilines is 1. The largest absolute Gasteiger partial charge is 0.384 e. The molecule has 0 bridgehead atoms. The van der Waals surface area contributed by atoms with E-state index in [-0.39, 0.29) is 5.84 Å². The average Bonchev–Trinajstić information content (AvgIpc) is 2.77. The molecule has 0 aliphatic carbocycles. The van der Waals surface area contributed by atoms with E-state index in [2.05, 4.69) is 46.8 Å². The molecule has 1 saturated heterocycles. The van der Waals surface area contributed by atoms with Crippen molar-refractivity contribution < 1.29 is 0 Å². The molecule has 3 nitrogen and oxygen atoms in total. The number of hydrogen-bond acceptors (Lipinski definition) is 2. The fraction of sp³-hybridized carbons (Fsp3) is 0.500. The first-order chi connectivity index (χ1) is 8.49. The molecule has 1 fully saturated rings. The third kappa shape index (κ3) is 2.69. The summed E-state index contributed by atoms with van der Waals surface area (Å²) in [5, 5.41) is 7.48. The van der Waals surface area contributed by atoms with E-state index in [4.69, 9.17) is 11.1 Å². The number of hydrogen-bond donors (Lipinski definition) is 2. The van der Waals surface area contributed by atoms with Crippen molar-refractivity contribution in [2.45, 2.75) is 20.3 Å². The van der Waals surface area contributed by atoms with Crippen LogP contribution >= 0.6 is 15.9 Å². The Morgan fingerprint density at radius 3 is 2.72 bits per heavy atom. The molecule has 18 heavy (non-hydrogen) atoms. The Morgan fingerprint density at radius 2 is 2.22 bits per heavy atom. The van der Waals surface area contributed by atoms with E-state index < -0.39 is 0 Å². The van der Waals surface area contributed by atoms with Gasteiger partial charge in [-0.3, -0.25) is 5.41 Å². The number of nitrogens with zero attached hydrogens (tertiary/aromatic N) is 1. The van der Waals surface area contributed by atoms with Crippen LogP contribution in [0.1, 0.15) is 25.8 Å². The fourth-order valence-electron chi connectivity index (χ4n) is 2.49. The van der Waals surface area contributed by atoms with Crippen LogP contribution in [0.25, 0.3) is 0 Å². The smallest absolute Gasteiger partial charge is 0.123 e. The van der Waals surface area contributed by atoms with E-state index in [1.807, 2.05) is 6.07 Å². The SMILES string of the molecule is CC(C)C1CCN(c2ccc(C(=N)N)c(Br)c2)C1. The summed E-state index contributed by atoms with van der Waals surface area (Å²) in [6.07, 6.45) is 1.27. The van der Waals surface area contributed by atoms with Gasteiger partial charge >= 0.3 is 0 Å². The third-order valence-corrected chi connectivity index (χ3v) is 4.43. The summed E-state index contributed by atoms with van der Waals surface area (Å²) in [6.45, 7) is 6.84. The van der Waals surface area contributed by atoms with Crippen LogP contribution in [0.4, 0.5) is 5.69 Å². The van der Waals surface area contributed by atoms with E-state index in [1.54, 1.807) is 0 Å². The highest BCUT2D eigenvalue weighted by atomic mass is 79.9. The van der Waals surface area contributed by atoms with Crippen LogP contribution in [-0.4, -0.2) is 18.9 Å². The Kier molecular flexibility index (Phi) is 3.95. The van der Waals surface area contributed by atoms with Crippen molar-refractivity contribution in [2.75, 3.05) is 18.0 Å². The van der Waals surface area contributed by atoms with Gasteiger partial charge in [0.2, 0.25) is 0 Å². The van der Waals surface area contributed by atoms with Gasteiger partial charge in [-0.05, 0) is 52.4 Å². The van der Waals surface area contributed by atoms with Gasteiger partial charge in [-0.15, -0.1) is 0 Å². The first-order valence-corrected chi connectivity index (χ1v) is 7.17. The number of benzene rings is 1. The van der Waals surface area contributed by atoms with Crippen LogP contribution < -0.4 is 10.6 Å². The van der Waals surface area contributed by atoms with E-state index in [9.17, 15) is 0 Å². The van der Waals surface area contributed by atoms with Crippen molar-refractivity contribution in [3.63, 3.8) is 0 Å². The lowest BCUT2D eigenvalue weighted by Crippen LogP contribution is -2.21. The van der Waals surface area contributed by atoms with Gasteiger partial charge in [0.15, 0.2) is 0 Å². The number of amidine groups is 1. The molecule has 4 heteroatoms. The first-order valence-electron chi connectivity index (χ1n) is 6.38. The zero-order valence-corrected chi connectivity index (χ0v) is 12.5. The van der Waals surface area contributed by atoms with E-state index in [0.717, 1.165) is 35.0 Å². The van der Waals surface area contributed by atoms with Crippen molar-refractivity contribution in [3.8, 4) is 0 Å². The molecule has 0 saturated carbocycles. The van der Waals surface area contributed by atoms with Crippen molar-refractivity contribution in [1.82, 2.24) is 0 Å². The molecule has 1 aliphatic rings. The summed E-state index contributed by atoms with van der Waals surface area (Å²) < 4.78 is 0.903. The van der Waals surface area contributed by atoms with Crippen LogP contribution in [-0.2, 0) is 0 Å². The summed E-state index contributed by atoms with van der Waals surface area (Å²) >= 11 is 3.49. The molecule has 1 heterocycles. The van der Waals surface area contributed by atoms with Crippen LogP contribution in [0.15, 0.2) is 22.7 Å². The predicted molar refractivity (Wildman–Crippen MR) is 80.3 cm³/mol. The molecular formula is C14H20BrN3. The first kappa shape index (κ1) is 13.4. The zero-order valence-electron chi connectivity index (χ0n) is 10.9. The molecule has 98 valence electrons. The predicted octanol–water partition coefficient (Wildman–Crippen LogP) is 3.22. The number of nitrogens with two attached hydrogens (primary N) is 1. The summed E-state index contributed by atoms with van der Waals surface area (Å²) in [7, 11) is 0. The Morgan fingerprint density at radius 1 is 1.50 bits per heavy atom. The Hall–Kier alpha value is -1.03. The minimum Gasteiger partial charge on any atom is -0.384 e. The molecule has 0 amide bonds.